The monoisotopic (exact) mass is 190 g/mol. The number of ketones is 1. The number of hydrogen-bond acceptors (Lipinski definition) is 1. The molecule has 0 fully saturated rings. The van der Waals surface area contributed by atoms with Gasteiger partial charge in [0.1, 0.15) is 0 Å². The first-order valence-corrected chi connectivity index (χ1v) is 5.25. The number of benzene rings is 1. The van der Waals surface area contributed by atoms with Crippen molar-refractivity contribution < 1.29 is 4.79 Å². The van der Waals surface area contributed by atoms with E-state index in [1.165, 1.54) is 11.1 Å². The highest BCUT2D eigenvalue weighted by Gasteiger charge is 2.05. The molecule has 0 heterocycles. The van der Waals surface area contributed by atoms with E-state index in [2.05, 4.69) is 13.8 Å². The molecule has 0 aliphatic carbocycles. The number of Topliss-reactive ketones (excluding diaryl/α,β-unsaturated/α-hetero) is 1. The van der Waals surface area contributed by atoms with Gasteiger partial charge in [-0.3, -0.25) is 4.79 Å². The predicted molar refractivity (Wildman–Crippen MR) is 59.8 cm³/mol. The van der Waals surface area contributed by atoms with E-state index < -0.39 is 0 Å². The van der Waals surface area contributed by atoms with Crippen molar-refractivity contribution in [3.05, 3.63) is 34.9 Å². The van der Waals surface area contributed by atoms with Gasteiger partial charge in [-0.1, -0.05) is 25.5 Å². The van der Waals surface area contributed by atoms with Gasteiger partial charge in [0.25, 0.3) is 0 Å². The molecule has 0 atom stereocenters. The topological polar surface area (TPSA) is 17.1 Å². The fourth-order valence-corrected chi connectivity index (χ4v) is 1.40. The van der Waals surface area contributed by atoms with Gasteiger partial charge in [0.05, 0.1) is 0 Å². The van der Waals surface area contributed by atoms with Crippen molar-refractivity contribution in [3.63, 3.8) is 0 Å². The molecular weight excluding hydrogens is 172 g/mol. The van der Waals surface area contributed by atoms with Gasteiger partial charge in [-0.25, -0.2) is 0 Å². The zero-order valence-corrected chi connectivity index (χ0v) is 9.26. The van der Waals surface area contributed by atoms with Gasteiger partial charge >= 0.3 is 0 Å². The molecule has 0 unspecified atom stereocenters. The van der Waals surface area contributed by atoms with E-state index in [4.69, 9.17) is 0 Å². The number of rotatable bonds is 4. The smallest absolute Gasteiger partial charge is 0.162 e. The van der Waals surface area contributed by atoms with E-state index in [1.807, 2.05) is 25.1 Å². The van der Waals surface area contributed by atoms with Crippen LogP contribution in [0.2, 0.25) is 0 Å². The third-order valence-corrected chi connectivity index (χ3v) is 2.59. The van der Waals surface area contributed by atoms with Crippen molar-refractivity contribution in [3.8, 4) is 0 Å². The zero-order chi connectivity index (χ0) is 10.6. The lowest BCUT2D eigenvalue weighted by Gasteiger charge is -2.03. The van der Waals surface area contributed by atoms with Crippen LogP contribution in [0.5, 0.6) is 0 Å². The van der Waals surface area contributed by atoms with Gasteiger partial charge < -0.3 is 0 Å². The second-order valence-electron chi connectivity index (χ2n) is 3.83. The number of hydrogen-bond donors (Lipinski definition) is 0. The van der Waals surface area contributed by atoms with Gasteiger partial charge in [-0.2, -0.15) is 0 Å². The summed E-state index contributed by atoms with van der Waals surface area (Å²) in [7, 11) is 0. The van der Waals surface area contributed by atoms with E-state index in [1.54, 1.807) is 0 Å². The summed E-state index contributed by atoms with van der Waals surface area (Å²) >= 11 is 0. The first-order chi connectivity index (χ1) is 6.65. The van der Waals surface area contributed by atoms with Crippen LogP contribution in [-0.4, -0.2) is 5.78 Å². The van der Waals surface area contributed by atoms with Crippen LogP contribution in [-0.2, 0) is 0 Å². The number of aryl methyl sites for hydroxylation is 2. The quantitative estimate of drug-likeness (QED) is 0.662. The molecule has 1 aromatic rings. The summed E-state index contributed by atoms with van der Waals surface area (Å²) in [6, 6.07) is 5.95. The summed E-state index contributed by atoms with van der Waals surface area (Å²) in [4.78, 5) is 11.7. The van der Waals surface area contributed by atoms with Crippen LogP contribution >= 0.6 is 0 Å². The molecule has 0 saturated heterocycles. The Morgan fingerprint density at radius 2 is 1.93 bits per heavy atom. The molecule has 0 N–H and O–H groups in total. The maximum absolute atomic E-state index is 11.7. The average Bonchev–Trinajstić information content (AvgIpc) is 2.18. The van der Waals surface area contributed by atoms with Crippen LogP contribution in [0.4, 0.5) is 0 Å². The molecule has 0 saturated carbocycles. The predicted octanol–water partition coefficient (Wildman–Crippen LogP) is 3.68. The van der Waals surface area contributed by atoms with Gasteiger partial charge in [0, 0.05) is 12.0 Å². The molecule has 76 valence electrons. The third kappa shape index (κ3) is 2.69. The fourth-order valence-electron chi connectivity index (χ4n) is 1.40. The molecule has 1 heteroatoms. The standard InChI is InChI=1S/C13H18O/c1-4-5-6-13(14)12-8-7-10(2)11(3)9-12/h7-9H,4-6H2,1-3H3. The van der Waals surface area contributed by atoms with Crippen molar-refractivity contribution in [2.75, 3.05) is 0 Å². The second-order valence-corrected chi connectivity index (χ2v) is 3.83. The molecular formula is C13H18O. The second kappa shape index (κ2) is 4.94. The molecule has 0 aromatic heterocycles. The molecule has 0 amide bonds. The molecule has 0 aliphatic rings. The minimum atomic E-state index is 0.273. The number of carbonyl (C=O) groups excluding carboxylic acids is 1. The number of unbranched alkanes of at least 4 members (excludes halogenated alkanes) is 1. The SMILES string of the molecule is CCCCC(=O)c1ccc(C)c(C)c1. The lowest BCUT2D eigenvalue weighted by molar-refractivity contribution is 0.0979. The Morgan fingerprint density at radius 1 is 1.21 bits per heavy atom. The largest absolute Gasteiger partial charge is 0.294 e. The summed E-state index contributed by atoms with van der Waals surface area (Å²) in [6.45, 7) is 6.22. The summed E-state index contributed by atoms with van der Waals surface area (Å²) < 4.78 is 0. The molecule has 1 rings (SSSR count). The third-order valence-electron chi connectivity index (χ3n) is 2.59. The van der Waals surface area contributed by atoms with Crippen LogP contribution in [0.25, 0.3) is 0 Å². The highest BCUT2D eigenvalue weighted by molar-refractivity contribution is 5.96. The van der Waals surface area contributed by atoms with Gasteiger partial charge in [-0.05, 0) is 37.5 Å². The highest BCUT2D eigenvalue weighted by Crippen LogP contribution is 2.12. The van der Waals surface area contributed by atoms with Crippen molar-refractivity contribution in [1.82, 2.24) is 0 Å². The Balaban J connectivity index is 2.76. The Morgan fingerprint density at radius 3 is 2.50 bits per heavy atom. The molecule has 0 aliphatic heterocycles. The Hall–Kier alpha value is -1.11. The molecule has 0 radical (unpaired) electrons. The maximum Gasteiger partial charge on any atom is 0.162 e. The summed E-state index contributed by atoms with van der Waals surface area (Å²) in [5.41, 5.74) is 3.31. The fraction of sp³-hybridized carbons (Fsp3) is 0.462. The molecule has 0 spiro atoms. The normalized spacial score (nSPS) is 10.2. The lowest BCUT2D eigenvalue weighted by Crippen LogP contribution is -1.99. The van der Waals surface area contributed by atoms with Crippen LogP contribution < -0.4 is 0 Å². The van der Waals surface area contributed by atoms with Crippen LogP contribution in [0.15, 0.2) is 18.2 Å². The van der Waals surface area contributed by atoms with E-state index >= 15 is 0 Å². The first kappa shape index (κ1) is 11.0. The molecule has 1 nitrogen and oxygen atoms in total. The molecule has 0 bridgehead atoms. The summed E-state index contributed by atoms with van der Waals surface area (Å²) in [5.74, 6) is 0.273. The Labute approximate surface area is 86.1 Å². The van der Waals surface area contributed by atoms with Crippen LogP contribution in [0, 0.1) is 13.8 Å². The maximum atomic E-state index is 11.7. The lowest BCUT2D eigenvalue weighted by atomic mass is 10.0. The Kier molecular flexibility index (Phi) is 3.87. The van der Waals surface area contributed by atoms with E-state index in [0.29, 0.717) is 6.42 Å². The van der Waals surface area contributed by atoms with Gasteiger partial charge in [-0.15, -0.1) is 0 Å². The molecule has 1 aromatic carbocycles. The van der Waals surface area contributed by atoms with E-state index in [-0.39, 0.29) is 5.78 Å². The van der Waals surface area contributed by atoms with E-state index in [9.17, 15) is 4.79 Å². The minimum Gasteiger partial charge on any atom is -0.294 e. The van der Waals surface area contributed by atoms with Gasteiger partial charge in [0.15, 0.2) is 5.78 Å². The van der Waals surface area contributed by atoms with Crippen molar-refractivity contribution in [2.45, 2.75) is 40.0 Å². The first-order valence-electron chi connectivity index (χ1n) is 5.25. The average molecular weight is 190 g/mol. The van der Waals surface area contributed by atoms with Crippen molar-refractivity contribution in [2.24, 2.45) is 0 Å². The van der Waals surface area contributed by atoms with Crippen molar-refractivity contribution in [1.29, 1.82) is 0 Å². The Bertz CT molecular complexity index is 326. The highest BCUT2D eigenvalue weighted by atomic mass is 16.1. The van der Waals surface area contributed by atoms with Crippen LogP contribution in [0.1, 0.15) is 47.7 Å². The van der Waals surface area contributed by atoms with Crippen LogP contribution in [0.3, 0.4) is 0 Å². The minimum absolute atomic E-state index is 0.273. The van der Waals surface area contributed by atoms with Crippen molar-refractivity contribution >= 4 is 5.78 Å². The summed E-state index contributed by atoms with van der Waals surface area (Å²) in [6.07, 6.45) is 2.75. The summed E-state index contributed by atoms with van der Waals surface area (Å²) in [5, 5.41) is 0. The van der Waals surface area contributed by atoms with Gasteiger partial charge in [0.2, 0.25) is 0 Å². The zero-order valence-electron chi connectivity index (χ0n) is 9.26. The number of carbonyl (C=O) groups is 1. The molecule has 14 heavy (non-hydrogen) atoms. The van der Waals surface area contributed by atoms with E-state index in [0.717, 1.165) is 18.4 Å².